The normalized spacial score (nSPS) is 18.9. The van der Waals surface area contributed by atoms with Crippen LogP contribution in [-0.4, -0.2) is 39.8 Å². The third-order valence-electron chi connectivity index (χ3n) is 3.15. The van der Waals surface area contributed by atoms with Gasteiger partial charge in [0.2, 0.25) is 0 Å². The van der Waals surface area contributed by atoms with Crippen LogP contribution in [0.1, 0.15) is 33.4 Å². The average molecular weight is 280 g/mol. The zero-order chi connectivity index (χ0) is 13.9. The lowest BCUT2D eigenvalue weighted by Crippen LogP contribution is -2.43. The molecule has 0 unspecified atom stereocenters. The van der Waals surface area contributed by atoms with Gasteiger partial charge in [-0.2, -0.15) is 16.9 Å². The first-order valence-electron chi connectivity index (χ1n) is 6.91. The van der Waals surface area contributed by atoms with Crippen LogP contribution in [0.2, 0.25) is 0 Å². The van der Waals surface area contributed by atoms with Crippen molar-refractivity contribution in [3.63, 3.8) is 0 Å². The highest BCUT2D eigenvalue weighted by Crippen LogP contribution is 2.31. The first-order valence-corrected chi connectivity index (χ1v) is 7.90. The monoisotopic (exact) mass is 280 g/mol. The molecule has 1 aliphatic heterocycles. The molecule has 1 saturated heterocycles. The van der Waals surface area contributed by atoms with Crippen molar-refractivity contribution in [1.29, 1.82) is 0 Å². The molecule has 0 amide bonds. The van der Waals surface area contributed by atoms with E-state index in [1.165, 1.54) is 0 Å². The molecule has 0 bridgehead atoms. The van der Waals surface area contributed by atoms with Crippen LogP contribution in [0.4, 0.5) is 5.82 Å². The van der Waals surface area contributed by atoms with E-state index in [2.05, 4.69) is 60.2 Å². The molecule has 0 saturated carbocycles. The number of rotatable bonds is 4. The van der Waals surface area contributed by atoms with Crippen LogP contribution in [0.5, 0.6) is 0 Å². The molecule has 1 aromatic rings. The van der Waals surface area contributed by atoms with Crippen molar-refractivity contribution in [3.8, 4) is 0 Å². The van der Waals surface area contributed by atoms with Crippen molar-refractivity contribution in [2.45, 2.75) is 45.0 Å². The summed E-state index contributed by atoms with van der Waals surface area (Å²) in [5.41, 5.74) is 1.00. The van der Waals surface area contributed by atoms with Crippen LogP contribution in [-0.2, 0) is 6.54 Å². The Labute approximate surface area is 120 Å². The van der Waals surface area contributed by atoms with Gasteiger partial charge < -0.3 is 10.2 Å². The highest BCUT2D eigenvalue weighted by atomic mass is 32.2. The van der Waals surface area contributed by atoms with Crippen LogP contribution < -0.4 is 10.2 Å². The molecule has 0 atom stereocenters. The Morgan fingerprint density at radius 1 is 1.37 bits per heavy atom. The van der Waals surface area contributed by atoms with E-state index in [4.69, 9.17) is 0 Å². The fourth-order valence-corrected chi connectivity index (χ4v) is 3.25. The molecule has 1 N–H and O–H groups in total. The SMILES string of the molecule is CC(C)NCc1ccc(N2CCSC(C)(C)C2)nn1. The Kier molecular flexibility index (Phi) is 4.68. The number of aromatic nitrogens is 2. The number of hydrogen-bond donors (Lipinski definition) is 1. The standard InChI is InChI=1S/C14H24N4S/c1-11(2)15-9-12-5-6-13(17-16-12)18-7-8-19-14(3,4)10-18/h5-6,11,15H,7-10H2,1-4H3. The lowest BCUT2D eigenvalue weighted by atomic mass is 10.2. The van der Waals surface area contributed by atoms with Gasteiger partial charge in [-0.05, 0) is 26.0 Å². The lowest BCUT2D eigenvalue weighted by Gasteiger charge is -2.37. The largest absolute Gasteiger partial charge is 0.353 e. The lowest BCUT2D eigenvalue weighted by molar-refractivity contribution is 0.576. The van der Waals surface area contributed by atoms with E-state index < -0.39 is 0 Å². The van der Waals surface area contributed by atoms with E-state index in [-0.39, 0.29) is 0 Å². The van der Waals surface area contributed by atoms with Gasteiger partial charge in [-0.1, -0.05) is 13.8 Å². The number of nitrogens with one attached hydrogen (secondary N) is 1. The van der Waals surface area contributed by atoms with Crippen LogP contribution in [0.3, 0.4) is 0 Å². The summed E-state index contributed by atoms with van der Waals surface area (Å²) in [5, 5.41) is 12.0. The van der Waals surface area contributed by atoms with Gasteiger partial charge in [0.25, 0.3) is 0 Å². The third kappa shape index (κ3) is 4.35. The van der Waals surface area contributed by atoms with E-state index in [9.17, 15) is 0 Å². The predicted octanol–water partition coefficient (Wildman–Crippen LogP) is 2.31. The Bertz CT molecular complexity index is 402. The quantitative estimate of drug-likeness (QED) is 0.916. The minimum Gasteiger partial charge on any atom is -0.353 e. The van der Waals surface area contributed by atoms with Crippen molar-refractivity contribution >= 4 is 17.6 Å². The van der Waals surface area contributed by atoms with E-state index >= 15 is 0 Å². The fraction of sp³-hybridized carbons (Fsp3) is 0.714. The number of anilines is 1. The molecule has 4 nitrogen and oxygen atoms in total. The zero-order valence-electron chi connectivity index (χ0n) is 12.3. The topological polar surface area (TPSA) is 41.0 Å². The maximum absolute atomic E-state index is 4.37. The molecule has 2 rings (SSSR count). The van der Waals surface area contributed by atoms with Gasteiger partial charge in [-0.15, -0.1) is 5.10 Å². The second-order valence-electron chi connectivity index (χ2n) is 5.95. The van der Waals surface area contributed by atoms with Gasteiger partial charge in [-0.3, -0.25) is 0 Å². The maximum atomic E-state index is 4.37. The summed E-state index contributed by atoms with van der Waals surface area (Å²) in [6.45, 7) is 11.7. The molecule has 0 spiro atoms. The Morgan fingerprint density at radius 2 is 2.16 bits per heavy atom. The molecule has 0 aliphatic carbocycles. The first kappa shape index (κ1) is 14.6. The second kappa shape index (κ2) is 6.09. The van der Waals surface area contributed by atoms with Crippen LogP contribution in [0.15, 0.2) is 12.1 Å². The van der Waals surface area contributed by atoms with E-state index in [0.29, 0.717) is 10.8 Å². The summed E-state index contributed by atoms with van der Waals surface area (Å²) in [6, 6.07) is 4.64. The molecular weight excluding hydrogens is 256 g/mol. The first-order chi connectivity index (χ1) is 8.96. The molecular formula is C14H24N4S. The second-order valence-corrected chi connectivity index (χ2v) is 7.75. The van der Waals surface area contributed by atoms with Gasteiger partial charge in [0.15, 0.2) is 5.82 Å². The Morgan fingerprint density at radius 3 is 2.74 bits per heavy atom. The summed E-state index contributed by atoms with van der Waals surface area (Å²) >= 11 is 2.03. The molecule has 5 heteroatoms. The number of nitrogens with zero attached hydrogens (tertiary/aromatic N) is 3. The smallest absolute Gasteiger partial charge is 0.151 e. The predicted molar refractivity (Wildman–Crippen MR) is 82.8 cm³/mol. The van der Waals surface area contributed by atoms with Crippen LogP contribution in [0.25, 0.3) is 0 Å². The zero-order valence-corrected chi connectivity index (χ0v) is 13.1. The average Bonchev–Trinajstić information content (AvgIpc) is 2.36. The summed E-state index contributed by atoms with van der Waals surface area (Å²) in [5.74, 6) is 2.16. The van der Waals surface area contributed by atoms with Crippen molar-refractivity contribution < 1.29 is 0 Å². The third-order valence-corrected chi connectivity index (χ3v) is 4.44. The molecule has 0 radical (unpaired) electrons. The number of thioether (sulfide) groups is 1. The molecule has 106 valence electrons. The summed E-state index contributed by atoms with van der Waals surface area (Å²) in [4.78, 5) is 2.34. The van der Waals surface area contributed by atoms with E-state index in [0.717, 1.165) is 36.9 Å². The van der Waals surface area contributed by atoms with Gasteiger partial charge in [-0.25, -0.2) is 0 Å². The fourth-order valence-electron chi connectivity index (χ4n) is 2.14. The molecule has 2 heterocycles. The minimum absolute atomic E-state index is 0.303. The van der Waals surface area contributed by atoms with Crippen molar-refractivity contribution in [2.24, 2.45) is 0 Å². The molecule has 1 fully saturated rings. The summed E-state index contributed by atoms with van der Waals surface area (Å²) in [6.07, 6.45) is 0. The van der Waals surface area contributed by atoms with Crippen molar-refractivity contribution in [1.82, 2.24) is 15.5 Å². The van der Waals surface area contributed by atoms with Crippen molar-refractivity contribution in [3.05, 3.63) is 17.8 Å². The van der Waals surface area contributed by atoms with Crippen molar-refractivity contribution in [2.75, 3.05) is 23.7 Å². The van der Waals surface area contributed by atoms with E-state index in [1.54, 1.807) is 0 Å². The highest BCUT2D eigenvalue weighted by molar-refractivity contribution is 8.00. The van der Waals surface area contributed by atoms with Crippen LogP contribution >= 0.6 is 11.8 Å². The summed E-state index contributed by atoms with van der Waals surface area (Å²) < 4.78 is 0.303. The van der Waals surface area contributed by atoms with Gasteiger partial charge in [0.1, 0.15) is 0 Å². The van der Waals surface area contributed by atoms with Gasteiger partial charge >= 0.3 is 0 Å². The molecule has 19 heavy (non-hydrogen) atoms. The van der Waals surface area contributed by atoms with E-state index in [1.807, 2.05) is 11.8 Å². The molecule has 1 aromatic heterocycles. The minimum atomic E-state index is 0.303. The van der Waals surface area contributed by atoms with Crippen LogP contribution in [0, 0.1) is 0 Å². The molecule has 1 aliphatic rings. The summed E-state index contributed by atoms with van der Waals surface area (Å²) in [7, 11) is 0. The number of hydrogen-bond acceptors (Lipinski definition) is 5. The highest BCUT2D eigenvalue weighted by Gasteiger charge is 2.27. The van der Waals surface area contributed by atoms with Gasteiger partial charge in [0.05, 0.1) is 5.69 Å². The Hall–Kier alpha value is -0.810. The Balaban J connectivity index is 1.98. The molecule has 0 aromatic carbocycles. The van der Waals surface area contributed by atoms with Gasteiger partial charge in [0, 0.05) is 36.2 Å². The maximum Gasteiger partial charge on any atom is 0.151 e.